The van der Waals surface area contributed by atoms with Gasteiger partial charge in [0.15, 0.2) is 5.82 Å². The van der Waals surface area contributed by atoms with Crippen LogP contribution >= 0.6 is 0 Å². The van der Waals surface area contributed by atoms with Crippen molar-refractivity contribution >= 4 is 11.4 Å². The highest BCUT2D eigenvalue weighted by Crippen LogP contribution is 2.30. The summed E-state index contributed by atoms with van der Waals surface area (Å²) >= 11 is 0. The summed E-state index contributed by atoms with van der Waals surface area (Å²) in [4.78, 5) is 1.76. The van der Waals surface area contributed by atoms with E-state index in [-0.39, 0.29) is 24.4 Å². The van der Waals surface area contributed by atoms with Crippen LogP contribution in [0.4, 0.5) is 20.2 Å². The predicted octanol–water partition coefficient (Wildman–Crippen LogP) is 1.13. The van der Waals surface area contributed by atoms with Crippen molar-refractivity contribution in [3.63, 3.8) is 0 Å². The molecule has 1 aromatic rings. The first-order chi connectivity index (χ1) is 8.52. The van der Waals surface area contributed by atoms with Crippen molar-refractivity contribution in [2.24, 2.45) is 0 Å². The summed E-state index contributed by atoms with van der Waals surface area (Å²) in [6, 6.07) is 1.90. The third kappa shape index (κ3) is 2.39. The Morgan fingerprint density at radius 1 is 1.50 bits per heavy atom. The minimum Gasteiger partial charge on any atom is -0.395 e. The van der Waals surface area contributed by atoms with E-state index in [1.54, 1.807) is 4.90 Å². The van der Waals surface area contributed by atoms with Crippen LogP contribution in [0.2, 0.25) is 0 Å². The molecule has 100 valence electrons. The van der Waals surface area contributed by atoms with E-state index in [0.29, 0.717) is 18.8 Å². The smallest absolute Gasteiger partial charge is 0.151 e. The largest absolute Gasteiger partial charge is 0.395 e. The minimum absolute atomic E-state index is 0.0590. The number of benzene rings is 1. The Kier molecular flexibility index (Phi) is 3.68. The summed E-state index contributed by atoms with van der Waals surface area (Å²) in [6.07, 6.45) is -0.369. The summed E-state index contributed by atoms with van der Waals surface area (Å²) < 4.78 is 32.1. The highest BCUT2D eigenvalue weighted by molar-refractivity contribution is 5.69. The van der Waals surface area contributed by atoms with Gasteiger partial charge in [0, 0.05) is 18.7 Å². The summed E-state index contributed by atoms with van der Waals surface area (Å²) in [5.41, 5.74) is 5.87. The maximum Gasteiger partial charge on any atom is 0.151 e. The van der Waals surface area contributed by atoms with Gasteiger partial charge in [0.25, 0.3) is 0 Å². The molecule has 1 saturated heterocycles. The van der Waals surface area contributed by atoms with E-state index in [4.69, 9.17) is 15.6 Å². The van der Waals surface area contributed by atoms with E-state index >= 15 is 0 Å². The molecule has 0 saturated carbocycles. The second-order valence-corrected chi connectivity index (χ2v) is 4.46. The number of rotatable bonds is 2. The van der Waals surface area contributed by atoms with Gasteiger partial charge in [-0.3, -0.25) is 0 Å². The molecule has 2 unspecified atom stereocenters. The summed E-state index contributed by atoms with van der Waals surface area (Å²) in [7, 11) is 0. The molecular formula is C12H16F2N2O2. The Morgan fingerprint density at radius 3 is 2.89 bits per heavy atom. The van der Waals surface area contributed by atoms with Crippen LogP contribution in [0.3, 0.4) is 0 Å². The average molecular weight is 258 g/mol. The molecule has 6 heteroatoms. The number of hydrogen-bond donors (Lipinski definition) is 2. The molecule has 0 aromatic heterocycles. The molecule has 18 heavy (non-hydrogen) atoms. The molecule has 1 aliphatic heterocycles. The number of morpholine rings is 1. The first kappa shape index (κ1) is 13.0. The number of anilines is 2. The van der Waals surface area contributed by atoms with Gasteiger partial charge in [-0.2, -0.15) is 0 Å². The third-order valence-corrected chi connectivity index (χ3v) is 3.09. The van der Waals surface area contributed by atoms with Crippen molar-refractivity contribution in [2.45, 2.75) is 19.1 Å². The van der Waals surface area contributed by atoms with Crippen LogP contribution in [-0.4, -0.2) is 37.0 Å². The quantitative estimate of drug-likeness (QED) is 0.781. The van der Waals surface area contributed by atoms with Crippen LogP contribution in [0, 0.1) is 11.6 Å². The lowest BCUT2D eigenvalue weighted by Gasteiger charge is -2.39. The second kappa shape index (κ2) is 5.07. The Labute approximate surface area is 104 Å². The van der Waals surface area contributed by atoms with E-state index in [0.717, 1.165) is 6.07 Å². The van der Waals surface area contributed by atoms with Crippen LogP contribution in [0.1, 0.15) is 6.92 Å². The number of aliphatic hydroxyl groups is 1. The standard InChI is InChI=1S/C12H16F2N2O2/c1-7-6-18-9(5-17)4-16(7)11-3-8(13)2-10(14)12(11)15/h2-3,7,9,17H,4-6,15H2,1H3. The van der Waals surface area contributed by atoms with Crippen LogP contribution in [-0.2, 0) is 4.74 Å². The van der Waals surface area contributed by atoms with Gasteiger partial charge in [0.2, 0.25) is 0 Å². The lowest BCUT2D eigenvalue weighted by Crippen LogP contribution is -2.49. The van der Waals surface area contributed by atoms with Crippen molar-refractivity contribution in [3.05, 3.63) is 23.8 Å². The molecule has 1 aromatic carbocycles. The molecular weight excluding hydrogens is 242 g/mol. The molecule has 2 atom stereocenters. The number of aliphatic hydroxyl groups excluding tert-OH is 1. The monoisotopic (exact) mass is 258 g/mol. The molecule has 1 aliphatic rings. The van der Waals surface area contributed by atoms with E-state index in [2.05, 4.69) is 0 Å². The van der Waals surface area contributed by atoms with E-state index in [9.17, 15) is 8.78 Å². The van der Waals surface area contributed by atoms with Gasteiger partial charge in [-0.25, -0.2) is 8.78 Å². The molecule has 0 amide bonds. The van der Waals surface area contributed by atoms with E-state index in [1.807, 2.05) is 6.92 Å². The number of nitrogens with zero attached hydrogens (tertiary/aromatic N) is 1. The number of hydrogen-bond acceptors (Lipinski definition) is 4. The van der Waals surface area contributed by atoms with Crippen LogP contribution in [0.5, 0.6) is 0 Å². The molecule has 0 aliphatic carbocycles. The lowest BCUT2D eigenvalue weighted by atomic mass is 10.1. The molecule has 3 N–H and O–H groups in total. The van der Waals surface area contributed by atoms with Crippen LogP contribution in [0.15, 0.2) is 12.1 Å². The normalized spacial score (nSPS) is 24.3. The van der Waals surface area contributed by atoms with Crippen LogP contribution < -0.4 is 10.6 Å². The molecule has 1 fully saturated rings. The lowest BCUT2D eigenvalue weighted by molar-refractivity contribution is -0.0103. The summed E-state index contributed by atoms with van der Waals surface area (Å²) in [6.45, 7) is 2.46. The van der Waals surface area contributed by atoms with Gasteiger partial charge in [-0.15, -0.1) is 0 Å². The summed E-state index contributed by atoms with van der Waals surface area (Å²) in [5.74, 6) is -1.44. The van der Waals surface area contributed by atoms with Crippen molar-refractivity contribution in [2.75, 3.05) is 30.4 Å². The molecule has 0 spiro atoms. The molecule has 4 nitrogen and oxygen atoms in total. The van der Waals surface area contributed by atoms with Crippen molar-refractivity contribution in [3.8, 4) is 0 Å². The van der Waals surface area contributed by atoms with Gasteiger partial charge in [0.1, 0.15) is 5.82 Å². The maximum atomic E-state index is 13.4. The molecule has 1 heterocycles. The van der Waals surface area contributed by atoms with Gasteiger partial charge in [-0.05, 0) is 13.0 Å². The van der Waals surface area contributed by atoms with Crippen molar-refractivity contribution in [1.29, 1.82) is 0 Å². The SMILES string of the molecule is CC1COC(CO)CN1c1cc(F)cc(F)c1N. The number of halogens is 2. The average Bonchev–Trinajstić information content (AvgIpc) is 2.34. The van der Waals surface area contributed by atoms with Crippen molar-refractivity contribution < 1.29 is 18.6 Å². The molecule has 0 bridgehead atoms. The van der Waals surface area contributed by atoms with Crippen LogP contribution in [0.25, 0.3) is 0 Å². The first-order valence-corrected chi connectivity index (χ1v) is 5.76. The van der Waals surface area contributed by atoms with E-state index in [1.165, 1.54) is 6.07 Å². The highest BCUT2D eigenvalue weighted by atomic mass is 19.1. The third-order valence-electron chi connectivity index (χ3n) is 3.09. The van der Waals surface area contributed by atoms with Gasteiger partial charge in [0.05, 0.1) is 30.7 Å². The van der Waals surface area contributed by atoms with Gasteiger partial charge >= 0.3 is 0 Å². The van der Waals surface area contributed by atoms with Crippen molar-refractivity contribution in [1.82, 2.24) is 0 Å². The fourth-order valence-electron chi connectivity index (χ4n) is 2.07. The number of nitrogen functional groups attached to an aromatic ring is 1. The Balaban J connectivity index is 2.34. The fraction of sp³-hybridized carbons (Fsp3) is 0.500. The van der Waals surface area contributed by atoms with Gasteiger partial charge < -0.3 is 20.5 Å². The zero-order valence-corrected chi connectivity index (χ0v) is 10.1. The zero-order chi connectivity index (χ0) is 13.3. The maximum absolute atomic E-state index is 13.4. The molecule has 2 rings (SSSR count). The zero-order valence-electron chi connectivity index (χ0n) is 10.1. The second-order valence-electron chi connectivity index (χ2n) is 4.46. The minimum atomic E-state index is -0.774. The topological polar surface area (TPSA) is 58.7 Å². The highest BCUT2D eigenvalue weighted by Gasteiger charge is 2.28. The first-order valence-electron chi connectivity index (χ1n) is 5.76. The Hall–Kier alpha value is -1.40. The summed E-state index contributed by atoms with van der Waals surface area (Å²) in [5, 5.41) is 9.09. The molecule has 0 radical (unpaired) electrons. The van der Waals surface area contributed by atoms with Gasteiger partial charge in [-0.1, -0.05) is 0 Å². The number of nitrogens with two attached hydrogens (primary N) is 1. The predicted molar refractivity (Wildman–Crippen MR) is 64.4 cm³/mol. The Morgan fingerprint density at radius 2 is 2.22 bits per heavy atom. The van der Waals surface area contributed by atoms with E-state index < -0.39 is 11.6 Å². The number of ether oxygens (including phenoxy) is 1. The fourth-order valence-corrected chi connectivity index (χ4v) is 2.07. The Bertz CT molecular complexity index is 442.